The Morgan fingerprint density at radius 3 is 2.58 bits per heavy atom. The van der Waals surface area contributed by atoms with E-state index in [1.54, 1.807) is 36.4 Å². The van der Waals surface area contributed by atoms with Gasteiger partial charge in [-0.2, -0.15) is 0 Å². The van der Waals surface area contributed by atoms with E-state index in [1.165, 1.54) is 7.11 Å². The first-order valence-electron chi connectivity index (χ1n) is 9.57. The van der Waals surface area contributed by atoms with Gasteiger partial charge in [-0.3, -0.25) is 0 Å². The molecule has 0 unspecified atom stereocenters. The van der Waals surface area contributed by atoms with Gasteiger partial charge in [0.1, 0.15) is 6.61 Å². The van der Waals surface area contributed by atoms with Crippen LogP contribution in [0.15, 0.2) is 65.3 Å². The molecule has 0 spiro atoms. The molecule has 33 heavy (non-hydrogen) atoms. The second-order valence-electron chi connectivity index (χ2n) is 6.87. The Hall–Kier alpha value is -2.26. The lowest BCUT2D eigenvalue weighted by molar-refractivity contribution is -0.129. The van der Waals surface area contributed by atoms with Crippen molar-refractivity contribution in [3.05, 3.63) is 95.6 Å². The van der Waals surface area contributed by atoms with Gasteiger partial charge >= 0.3 is 5.97 Å². The topological polar surface area (TPSA) is 57.1 Å². The number of hydrogen-bond acceptors (Lipinski definition) is 5. The monoisotopic (exact) mass is 613 g/mol. The second kappa shape index (κ2) is 10.3. The van der Waals surface area contributed by atoms with E-state index >= 15 is 0 Å². The third kappa shape index (κ3) is 5.46. The van der Waals surface area contributed by atoms with E-state index in [9.17, 15) is 4.79 Å². The van der Waals surface area contributed by atoms with E-state index < -0.39 is 5.97 Å². The van der Waals surface area contributed by atoms with Gasteiger partial charge in [0.05, 0.1) is 22.7 Å². The van der Waals surface area contributed by atoms with Crippen molar-refractivity contribution in [1.29, 1.82) is 0 Å². The molecule has 1 aliphatic rings. The Kier molecular flexibility index (Phi) is 7.48. The highest BCUT2D eigenvalue weighted by molar-refractivity contribution is 14.1. The van der Waals surface area contributed by atoms with Crippen LogP contribution in [-0.2, 0) is 16.1 Å². The van der Waals surface area contributed by atoms with Crippen molar-refractivity contribution < 1.29 is 19.0 Å². The summed E-state index contributed by atoms with van der Waals surface area (Å²) in [6, 6.07) is 16.1. The van der Waals surface area contributed by atoms with E-state index in [-0.39, 0.29) is 18.2 Å². The number of aliphatic imine (C=N–C) groups is 1. The van der Waals surface area contributed by atoms with Crippen molar-refractivity contribution in [2.24, 2.45) is 4.99 Å². The van der Waals surface area contributed by atoms with Crippen molar-refractivity contribution in [1.82, 2.24) is 0 Å². The zero-order valence-electron chi connectivity index (χ0n) is 17.1. The summed E-state index contributed by atoms with van der Waals surface area (Å²) < 4.78 is 17.6. The van der Waals surface area contributed by atoms with Gasteiger partial charge < -0.3 is 14.2 Å². The van der Waals surface area contributed by atoms with Gasteiger partial charge in [-0.1, -0.05) is 53.0 Å². The van der Waals surface area contributed by atoms with Crippen molar-refractivity contribution in [3.8, 4) is 11.5 Å². The number of methoxy groups -OCH3 is 1. The molecule has 1 heterocycles. The molecule has 0 N–H and O–H groups in total. The third-order valence-electron chi connectivity index (χ3n) is 4.66. The van der Waals surface area contributed by atoms with Crippen LogP contribution in [0.4, 0.5) is 0 Å². The molecule has 0 radical (unpaired) electrons. The van der Waals surface area contributed by atoms with Crippen LogP contribution in [0, 0.1) is 3.57 Å². The zero-order valence-corrected chi connectivity index (χ0v) is 21.5. The minimum absolute atomic E-state index is 0.114. The lowest BCUT2D eigenvalue weighted by Gasteiger charge is -2.14. The van der Waals surface area contributed by atoms with Gasteiger partial charge in [0.2, 0.25) is 5.90 Å². The molecule has 3 aromatic rings. The molecular formula is C24H15Cl3INO4. The van der Waals surface area contributed by atoms with Crippen LogP contribution in [0.5, 0.6) is 11.5 Å². The molecule has 0 bridgehead atoms. The van der Waals surface area contributed by atoms with Crippen LogP contribution >= 0.6 is 57.4 Å². The molecule has 3 aromatic carbocycles. The van der Waals surface area contributed by atoms with Crippen LogP contribution in [0.1, 0.15) is 16.7 Å². The van der Waals surface area contributed by atoms with E-state index in [2.05, 4.69) is 27.6 Å². The van der Waals surface area contributed by atoms with E-state index in [4.69, 9.17) is 49.0 Å². The summed E-state index contributed by atoms with van der Waals surface area (Å²) in [4.78, 5) is 16.7. The molecule has 0 aliphatic carbocycles. The Bertz CT molecular complexity index is 1310. The summed E-state index contributed by atoms with van der Waals surface area (Å²) in [5, 5.41) is 1.34. The molecule has 0 saturated carbocycles. The maximum Gasteiger partial charge on any atom is 0.363 e. The SMILES string of the molecule is COc1cc(C=C2N=C(c3cc(I)ccc3Cl)OC2=O)cc(Cl)c1OCc1ccccc1Cl. The predicted molar refractivity (Wildman–Crippen MR) is 139 cm³/mol. The van der Waals surface area contributed by atoms with E-state index in [1.807, 2.05) is 24.3 Å². The lowest BCUT2D eigenvalue weighted by Crippen LogP contribution is -2.06. The molecule has 5 nitrogen and oxygen atoms in total. The van der Waals surface area contributed by atoms with Crippen LogP contribution in [0.2, 0.25) is 15.1 Å². The van der Waals surface area contributed by atoms with Crippen LogP contribution < -0.4 is 9.47 Å². The molecule has 0 saturated heterocycles. The fraction of sp³-hybridized carbons (Fsp3) is 0.0833. The minimum atomic E-state index is -0.589. The van der Waals surface area contributed by atoms with Gasteiger partial charge in [-0.25, -0.2) is 9.79 Å². The van der Waals surface area contributed by atoms with Gasteiger partial charge in [0.25, 0.3) is 0 Å². The van der Waals surface area contributed by atoms with Crippen molar-refractivity contribution >= 4 is 75.3 Å². The summed E-state index contributed by atoms with van der Waals surface area (Å²) in [6.45, 7) is 0.215. The second-order valence-corrected chi connectivity index (χ2v) is 9.34. The molecule has 1 aliphatic heterocycles. The Morgan fingerprint density at radius 2 is 1.82 bits per heavy atom. The van der Waals surface area contributed by atoms with Gasteiger partial charge in [-0.15, -0.1) is 0 Å². The predicted octanol–water partition coefficient (Wildman–Crippen LogP) is 7.18. The summed E-state index contributed by atoms with van der Waals surface area (Å²) in [6.07, 6.45) is 1.56. The van der Waals surface area contributed by atoms with Gasteiger partial charge in [0.15, 0.2) is 17.2 Å². The standard InChI is InChI=1S/C24H15Cl3INO4/c1-31-21-10-13(8-19(27)22(21)32-12-14-4-2-3-5-17(14)25)9-20-24(30)33-23(29-20)16-11-15(28)6-7-18(16)26/h2-11H,12H2,1H3. The highest BCUT2D eigenvalue weighted by Crippen LogP contribution is 2.38. The maximum absolute atomic E-state index is 12.4. The molecule has 168 valence electrons. The minimum Gasteiger partial charge on any atom is -0.493 e. The molecule has 0 atom stereocenters. The number of benzene rings is 3. The number of rotatable bonds is 6. The van der Waals surface area contributed by atoms with Crippen LogP contribution in [0.3, 0.4) is 0 Å². The van der Waals surface area contributed by atoms with Crippen molar-refractivity contribution in [2.75, 3.05) is 7.11 Å². The first-order chi connectivity index (χ1) is 15.9. The molecule has 0 amide bonds. The van der Waals surface area contributed by atoms with E-state index in [0.717, 1.165) is 9.13 Å². The first-order valence-corrected chi connectivity index (χ1v) is 11.8. The first kappa shape index (κ1) is 23.9. The molecule has 0 aromatic heterocycles. The molecular weight excluding hydrogens is 600 g/mol. The number of carbonyl (C=O) groups is 1. The highest BCUT2D eigenvalue weighted by Gasteiger charge is 2.26. The van der Waals surface area contributed by atoms with Crippen molar-refractivity contribution in [3.63, 3.8) is 0 Å². The quantitative estimate of drug-likeness (QED) is 0.168. The Labute approximate surface area is 219 Å². The zero-order chi connectivity index (χ0) is 23.5. The maximum atomic E-state index is 12.4. The number of cyclic esters (lactones) is 1. The largest absolute Gasteiger partial charge is 0.493 e. The van der Waals surface area contributed by atoms with Crippen molar-refractivity contribution in [2.45, 2.75) is 6.61 Å². The number of hydrogen-bond donors (Lipinski definition) is 0. The molecule has 4 rings (SSSR count). The summed E-state index contributed by atoms with van der Waals surface area (Å²) in [5.41, 5.74) is 2.06. The smallest absolute Gasteiger partial charge is 0.363 e. The normalized spacial score (nSPS) is 14.3. The Balaban J connectivity index is 1.62. The van der Waals surface area contributed by atoms with Crippen LogP contribution in [-0.4, -0.2) is 19.0 Å². The average Bonchev–Trinajstić information content (AvgIpc) is 3.15. The fourth-order valence-electron chi connectivity index (χ4n) is 3.07. The highest BCUT2D eigenvalue weighted by atomic mass is 127. The fourth-order valence-corrected chi connectivity index (χ4v) is 4.23. The van der Waals surface area contributed by atoms with Gasteiger partial charge in [0, 0.05) is 14.2 Å². The number of halogens is 4. The van der Waals surface area contributed by atoms with Gasteiger partial charge in [-0.05, 0) is 70.6 Å². The third-order valence-corrected chi connectivity index (χ3v) is 6.31. The summed E-state index contributed by atoms with van der Waals surface area (Å²) >= 11 is 21.1. The average molecular weight is 615 g/mol. The Morgan fingerprint density at radius 1 is 1.03 bits per heavy atom. The number of ether oxygens (including phenoxy) is 3. The van der Waals surface area contributed by atoms with Crippen LogP contribution in [0.25, 0.3) is 6.08 Å². The summed E-state index contributed by atoms with van der Waals surface area (Å²) in [7, 11) is 1.50. The number of nitrogens with zero attached hydrogens (tertiary/aromatic N) is 1. The summed E-state index contributed by atoms with van der Waals surface area (Å²) in [5.74, 6) is 0.323. The lowest BCUT2D eigenvalue weighted by atomic mass is 10.1. The number of esters is 1. The van der Waals surface area contributed by atoms with E-state index in [0.29, 0.717) is 37.7 Å². The number of carbonyl (C=O) groups excluding carboxylic acids is 1. The molecule has 9 heteroatoms. The molecule has 0 fully saturated rings.